The molecule has 0 aromatic heterocycles. The van der Waals surface area contributed by atoms with Gasteiger partial charge in [0, 0.05) is 24.9 Å². The molecule has 1 amide bonds. The van der Waals surface area contributed by atoms with Crippen LogP contribution in [0.4, 0.5) is 0 Å². The number of carbonyl (C=O) groups excluding carboxylic acids is 1. The molecular weight excluding hydrogens is 202 g/mol. The maximum atomic E-state index is 10.6. The summed E-state index contributed by atoms with van der Waals surface area (Å²) in [5, 5.41) is 11.1. The molecule has 5 heteroatoms. The highest BCUT2D eigenvalue weighted by atomic mass is 32.2. The minimum Gasteiger partial charge on any atom is -0.480 e. The molecule has 78 valence electrons. The summed E-state index contributed by atoms with van der Waals surface area (Å²) >= 11 is 1.42. The van der Waals surface area contributed by atoms with Crippen LogP contribution in [0.5, 0.6) is 0 Å². The lowest BCUT2D eigenvalue weighted by molar-refractivity contribution is -0.140. The van der Waals surface area contributed by atoms with E-state index < -0.39 is 12.0 Å². The van der Waals surface area contributed by atoms with Crippen LogP contribution >= 0.6 is 11.8 Å². The first-order chi connectivity index (χ1) is 6.57. The third-order valence-electron chi connectivity index (χ3n) is 1.35. The second-order valence-electron chi connectivity index (χ2n) is 2.62. The van der Waals surface area contributed by atoms with Crippen LogP contribution < -0.4 is 5.32 Å². The van der Waals surface area contributed by atoms with Gasteiger partial charge in [0.05, 0.1) is 0 Å². The molecule has 0 unspecified atom stereocenters. The molecule has 14 heavy (non-hydrogen) atoms. The number of hydrogen-bond donors (Lipinski definition) is 2. The van der Waals surface area contributed by atoms with E-state index in [-0.39, 0.29) is 5.91 Å². The van der Waals surface area contributed by atoms with Crippen molar-refractivity contribution >= 4 is 23.6 Å². The average molecular weight is 215 g/mol. The summed E-state index contributed by atoms with van der Waals surface area (Å²) in [5.41, 5.74) is 0. The molecule has 0 aliphatic heterocycles. The van der Waals surface area contributed by atoms with Crippen LogP contribution in [0.2, 0.25) is 0 Å². The Kier molecular flexibility index (Phi) is 6.68. The fourth-order valence-electron chi connectivity index (χ4n) is 0.752. The number of terminal acetylenes is 1. The van der Waals surface area contributed by atoms with E-state index in [1.165, 1.54) is 18.7 Å². The van der Waals surface area contributed by atoms with Gasteiger partial charge in [0.15, 0.2) is 0 Å². The van der Waals surface area contributed by atoms with E-state index in [2.05, 4.69) is 11.2 Å². The summed E-state index contributed by atoms with van der Waals surface area (Å²) in [6.07, 6.45) is 5.64. The van der Waals surface area contributed by atoms with Crippen molar-refractivity contribution < 1.29 is 14.7 Å². The lowest BCUT2D eigenvalue weighted by atomic mass is 10.3. The first-order valence-corrected chi connectivity index (χ1v) is 5.24. The summed E-state index contributed by atoms with van der Waals surface area (Å²) in [4.78, 5) is 21.3. The minimum absolute atomic E-state index is 0.338. The molecule has 0 rings (SSSR count). The van der Waals surface area contributed by atoms with E-state index in [0.717, 1.165) is 0 Å². The number of nitrogens with one attached hydrogen (secondary N) is 1. The molecule has 0 aromatic carbocycles. The van der Waals surface area contributed by atoms with Crippen LogP contribution in [0.15, 0.2) is 0 Å². The molecule has 0 saturated carbocycles. The van der Waals surface area contributed by atoms with E-state index in [9.17, 15) is 9.59 Å². The SMILES string of the molecule is C#CCCSC[C@H](NC(C)=O)C(=O)O. The monoisotopic (exact) mass is 215 g/mol. The van der Waals surface area contributed by atoms with Gasteiger partial charge in [-0.15, -0.1) is 12.3 Å². The molecule has 0 aromatic rings. The fraction of sp³-hybridized carbons (Fsp3) is 0.556. The van der Waals surface area contributed by atoms with Crippen molar-refractivity contribution in [2.45, 2.75) is 19.4 Å². The number of carbonyl (C=O) groups is 2. The first kappa shape index (κ1) is 12.8. The van der Waals surface area contributed by atoms with E-state index >= 15 is 0 Å². The molecular formula is C9H13NO3S. The van der Waals surface area contributed by atoms with E-state index in [0.29, 0.717) is 17.9 Å². The van der Waals surface area contributed by atoms with Crippen molar-refractivity contribution in [3.05, 3.63) is 0 Å². The van der Waals surface area contributed by atoms with Gasteiger partial charge in [0.1, 0.15) is 6.04 Å². The Bertz CT molecular complexity index is 247. The fourth-order valence-corrected chi connectivity index (χ4v) is 1.64. The summed E-state index contributed by atoms with van der Waals surface area (Å²) < 4.78 is 0. The van der Waals surface area contributed by atoms with Crippen LogP contribution in [-0.2, 0) is 9.59 Å². The van der Waals surface area contributed by atoms with Crippen molar-refractivity contribution in [2.75, 3.05) is 11.5 Å². The quantitative estimate of drug-likeness (QED) is 0.495. The number of amides is 1. The van der Waals surface area contributed by atoms with Crippen molar-refractivity contribution in [1.82, 2.24) is 5.32 Å². The number of thioether (sulfide) groups is 1. The Balaban J connectivity index is 3.81. The lowest BCUT2D eigenvalue weighted by Crippen LogP contribution is -2.41. The number of aliphatic carboxylic acids is 1. The van der Waals surface area contributed by atoms with E-state index in [1.807, 2.05) is 0 Å². The zero-order chi connectivity index (χ0) is 11.0. The molecule has 0 heterocycles. The predicted octanol–water partition coefficient (Wildman–Crippen LogP) is 0.332. The van der Waals surface area contributed by atoms with Crippen LogP contribution in [0.25, 0.3) is 0 Å². The van der Waals surface area contributed by atoms with Gasteiger partial charge in [-0.3, -0.25) is 4.79 Å². The maximum Gasteiger partial charge on any atom is 0.327 e. The third kappa shape index (κ3) is 6.38. The van der Waals surface area contributed by atoms with Gasteiger partial charge >= 0.3 is 5.97 Å². The van der Waals surface area contributed by atoms with Gasteiger partial charge in [-0.05, 0) is 0 Å². The summed E-state index contributed by atoms with van der Waals surface area (Å²) in [7, 11) is 0. The molecule has 0 radical (unpaired) electrons. The van der Waals surface area contributed by atoms with Gasteiger partial charge < -0.3 is 10.4 Å². The van der Waals surface area contributed by atoms with Gasteiger partial charge in [0.2, 0.25) is 5.91 Å². The van der Waals surface area contributed by atoms with Gasteiger partial charge in [-0.2, -0.15) is 11.8 Å². The maximum absolute atomic E-state index is 10.6. The van der Waals surface area contributed by atoms with Gasteiger partial charge in [-0.1, -0.05) is 0 Å². The first-order valence-electron chi connectivity index (χ1n) is 4.09. The molecule has 0 spiro atoms. The molecule has 0 aliphatic carbocycles. The normalized spacial score (nSPS) is 11.4. The molecule has 1 atom stereocenters. The van der Waals surface area contributed by atoms with Crippen LogP contribution in [0, 0.1) is 12.3 Å². The summed E-state index contributed by atoms with van der Waals surface area (Å²) in [6, 6.07) is -0.824. The van der Waals surface area contributed by atoms with Crippen LogP contribution in [-0.4, -0.2) is 34.5 Å². The average Bonchev–Trinajstić information content (AvgIpc) is 2.09. The minimum atomic E-state index is -1.02. The smallest absolute Gasteiger partial charge is 0.327 e. The lowest BCUT2D eigenvalue weighted by Gasteiger charge is -2.11. The summed E-state index contributed by atoms with van der Waals surface area (Å²) in [6.45, 7) is 1.29. The Hall–Kier alpha value is -1.15. The topological polar surface area (TPSA) is 66.4 Å². The standard InChI is InChI=1S/C9H13NO3S/c1-3-4-5-14-6-8(9(12)13)10-7(2)11/h1,8H,4-6H2,2H3,(H,10,11)(H,12,13)/t8-/m0/s1. The number of carboxylic acids is 1. The van der Waals surface area contributed by atoms with E-state index in [1.54, 1.807) is 0 Å². The Morgan fingerprint density at radius 2 is 2.29 bits per heavy atom. The molecule has 0 aliphatic rings. The zero-order valence-electron chi connectivity index (χ0n) is 7.95. The molecule has 0 saturated heterocycles. The van der Waals surface area contributed by atoms with Gasteiger partial charge in [0.25, 0.3) is 0 Å². The number of rotatable bonds is 6. The number of hydrogen-bond acceptors (Lipinski definition) is 3. The predicted molar refractivity (Wildman–Crippen MR) is 56.0 cm³/mol. The molecule has 0 fully saturated rings. The van der Waals surface area contributed by atoms with Crippen molar-refractivity contribution in [1.29, 1.82) is 0 Å². The molecule has 0 bridgehead atoms. The second kappa shape index (κ2) is 7.27. The highest BCUT2D eigenvalue weighted by Gasteiger charge is 2.17. The van der Waals surface area contributed by atoms with Crippen LogP contribution in [0.3, 0.4) is 0 Å². The Morgan fingerprint density at radius 3 is 2.71 bits per heavy atom. The van der Waals surface area contributed by atoms with Crippen LogP contribution in [0.1, 0.15) is 13.3 Å². The Labute approximate surface area is 87.4 Å². The van der Waals surface area contributed by atoms with Gasteiger partial charge in [-0.25, -0.2) is 4.79 Å². The van der Waals surface area contributed by atoms with E-state index in [4.69, 9.17) is 11.5 Å². The zero-order valence-corrected chi connectivity index (χ0v) is 8.76. The second-order valence-corrected chi connectivity index (χ2v) is 3.77. The largest absolute Gasteiger partial charge is 0.480 e. The molecule has 4 nitrogen and oxygen atoms in total. The third-order valence-corrected chi connectivity index (χ3v) is 2.41. The highest BCUT2D eigenvalue weighted by molar-refractivity contribution is 7.99. The highest BCUT2D eigenvalue weighted by Crippen LogP contribution is 2.04. The summed E-state index contributed by atoms with van der Waals surface area (Å²) in [5.74, 6) is 2.15. The number of carboxylic acid groups (broad SMARTS) is 1. The molecule has 2 N–H and O–H groups in total. The van der Waals surface area contributed by atoms with Crippen molar-refractivity contribution in [3.63, 3.8) is 0 Å². The van der Waals surface area contributed by atoms with Crippen molar-refractivity contribution in [2.24, 2.45) is 0 Å². The Morgan fingerprint density at radius 1 is 1.64 bits per heavy atom. The van der Waals surface area contributed by atoms with Crippen molar-refractivity contribution in [3.8, 4) is 12.3 Å².